The Morgan fingerprint density at radius 2 is 2.00 bits per heavy atom. The fourth-order valence-electron chi connectivity index (χ4n) is 2.94. The highest BCUT2D eigenvalue weighted by atomic mass is 16.5. The standard InChI is InChI=1S/C17H27NO/c1-14-6-5-8-16(11-10-14)18-17-9-4-3-7-15(17)12-13-19-2/h3-4,7,9,14,16,18H,5-6,8,10-13H2,1-2H3. The lowest BCUT2D eigenvalue weighted by atomic mass is 10.0. The van der Waals surface area contributed by atoms with Crippen molar-refractivity contribution < 1.29 is 4.74 Å². The van der Waals surface area contributed by atoms with Crippen LogP contribution in [0.3, 0.4) is 0 Å². The fraction of sp³-hybridized carbons (Fsp3) is 0.647. The molecule has 0 aromatic heterocycles. The third-order valence-corrected chi connectivity index (χ3v) is 4.21. The van der Waals surface area contributed by atoms with Gasteiger partial charge in [-0.05, 0) is 43.2 Å². The van der Waals surface area contributed by atoms with E-state index in [0.29, 0.717) is 6.04 Å². The molecule has 1 aliphatic rings. The largest absolute Gasteiger partial charge is 0.384 e. The molecule has 0 heterocycles. The van der Waals surface area contributed by atoms with Gasteiger partial charge in [-0.3, -0.25) is 0 Å². The Labute approximate surface area is 117 Å². The number of hydrogen-bond acceptors (Lipinski definition) is 2. The zero-order valence-electron chi connectivity index (χ0n) is 12.3. The highest BCUT2D eigenvalue weighted by Gasteiger charge is 2.16. The molecule has 0 aliphatic heterocycles. The maximum Gasteiger partial charge on any atom is 0.0503 e. The van der Waals surface area contributed by atoms with E-state index < -0.39 is 0 Å². The van der Waals surface area contributed by atoms with Crippen molar-refractivity contribution in [3.05, 3.63) is 29.8 Å². The van der Waals surface area contributed by atoms with Crippen LogP contribution in [0.4, 0.5) is 5.69 Å². The summed E-state index contributed by atoms with van der Waals surface area (Å²) in [6.45, 7) is 3.18. The number of para-hydroxylation sites is 1. The van der Waals surface area contributed by atoms with Crippen molar-refractivity contribution in [3.63, 3.8) is 0 Å². The van der Waals surface area contributed by atoms with Gasteiger partial charge in [0.2, 0.25) is 0 Å². The van der Waals surface area contributed by atoms with E-state index in [1.165, 1.54) is 43.4 Å². The van der Waals surface area contributed by atoms with Crippen LogP contribution in [0.15, 0.2) is 24.3 Å². The molecule has 1 saturated carbocycles. The van der Waals surface area contributed by atoms with Crippen LogP contribution in [-0.4, -0.2) is 19.8 Å². The quantitative estimate of drug-likeness (QED) is 0.800. The predicted molar refractivity (Wildman–Crippen MR) is 81.7 cm³/mol. The third kappa shape index (κ3) is 4.54. The lowest BCUT2D eigenvalue weighted by Gasteiger charge is -2.20. The second kappa shape index (κ2) is 7.54. The lowest BCUT2D eigenvalue weighted by molar-refractivity contribution is 0.202. The average molecular weight is 261 g/mol. The van der Waals surface area contributed by atoms with Crippen LogP contribution >= 0.6 is 0 Å². The van der Waals surface area contributed by atoms with Crippen LogP contribution in [0.5, 0.6) is 0 Å². The molecule has 0 spiro atoms. The Kier molecular flexibility index (Phi) is 5.71. The van der Waals surface area contributed by atoms with E-state index in [1.807, 2.05) is 0 Å². The Hall–Kier alpha value is -1.02. The first-order chi connectivity index (χ1) is 9.29. The number of methoxy groups -OCH3 is 1. The maximum absolute atomic E-state index is 5.20. The Balaban J connectivity index is 1.97. The smallest absolute Gasteiger partial charge is 0.0503 e. The monoisotopic (exact) mass is 261 g/mol. The van der Waals surface area contributed by atoms with E-state index in [1.54, 1.807) is 7.11 Å². The molecule has 1 fully saturated rings. The van der Waals surface area contributed by atoms with Gasteiger partial charge in [0.1, 0.15) is 0 Å². The molecule has 0 radical (unpaired) electrons. The van der Waals surface area contributed by atoms with Gasteiger partial charge in [-0.25, -0.2) is 0 Å². The van der Waals surface area contributed by atoms with Crippen molar-refractivity contribution in [1.29, 1.82) is 0 Å². The predicted octanol–water partition coefficient (Wildman–Crippen LogP) is 4.26. The molecule has 1 aromatic carbocycles. The van der Waals surface area contributed by atoms with E-state index in [-0.39, 0.29) is 0 Å². The molecule has 2 unspecified atom stereocenters. The van der Waals surface area contributed by atoms with Crippen LogP contribution in [0.25, 0.3) is 0 Å². The zero-order valence-corrected chi connectivity index (χ0v) is 12.3. The van der Waals surface area contributed by atoms with Crippen LogP contribution < -0.4 is 5.32 Å². The van der Waals surface area contributed by atoms with E-state index in [4.69, 9.17) is 4.74 Å². The van der Waals surface area contributed by atoms with Gasteiger partial charge in [-0.2, -0.15) is 0 Å². The maximum atomic E-state index is 5.20. The summed E-state index contributed by atoms with van der Waals surface area (Å²) in [6.07, 6.45) is 7.71. The lowest BCUT2D eigenvalue weighted by Crippen LogP contribution is -2.19. The minimum Gasteiger partial charge on any atom is -0.384 e. The van der Waals surface area contributed by atoms with E-state index in [0.717, 1.165) is 18.9 Å². The molecule has 1 aromatic rings. The molecule has 2 nitrogen and oxygen atoms in total. The van der Waals surface area contributed by atoms with Crippen molar-refractivity contribution in [2.45, 2.75) is 51.5 Å². The Morgan fingerprint density at radius 3 is 2.84 bits per heavy atom. The Morgan fingerprint density at radius 1 is 1.16 bits per heavy atom. The number of benzene rings is 1. The highest BCUT2D eigenvalue weighted by Crippen LogP contribution is 2.26. The van der Waals surface area contributed by atoms with Crippen molar-refractivity contribution >= 4 is 5.69 Å². The van der Waals surface area contributed by atoms with Gasteiger partial charge in [0, 0.05) is 18.8 Å². The molecular weight excluding hydrogens is 234 g/mol. The van der Waals surface area contributed by atoms with Gasteiger partial charge >= 0.3 is 0 Å². The van der Waals surface area contributed by atoms with Crippen molar-refractivity contribution in [3.8, 4) is 0 Å². The van der Waals surface area contributed by atoms with Crippen LogP contribution in [0, 0.1) is 5.92 Å². The number of anilines is 1. The van der Waals surface area contributed by atoms with Gasteiger partial charge in [0.15, 0.2) is 0 Å². The van der Waals surface area contributed by atoms with E-state index >= 15 is 0 Å². The summed E-state index contributed by atoms with van der Waals surface area (Å²) < 4.78 is 5.20. The van der Waals surface area contributed by atoms with Crippen LogP contribution in [0.2, 0.25) is 0 Å². The first kappa shape index (κ1) is 14.4. The summed E-state index contributed by atoms with van der Waals surface area (Å²) in [5, 5.41) is 3.76. The van der Waals surface area contributed by atoms with Gasteiger partial charge in [0.05, 0.1) is 6.61 Å². The fourth-order valence-corrected chi connectivity index (χ4v) is 2.94. The molecule has 0 amide bonds. The van der Waals surface area contributed by atoms with Gasteiger partial charge in [-0.15, -0.1) is 0 Å². The number of ether oxygens (including phenoxy) is 1. The summed E-state index contributed by atoms with van der Waals surface area (Å²) in [5.41, 5.74) is 2.68. The van der Waals surface area contributed by atoms with Crippen LogP contribution in [-0.2, 0) is 11.2 Å². The molecule has 2 rings (SSSR count). The summed E-state index contributed by atoms with van der Waals surface area (Å²) >= 11 is 0. The molecule has 1 aliphatic carbocycles. The van der Waals surface area contributed by atoms with Gasteiger partial charge in [-0.1, -0.05) is 38.0 Å². The average Bonchev–Trinajstić information content (AvgIpc) is 2.63. The van der Waals surface area contributed by atoms with Crippen molar-refractivity contribution in [1.82, 2.24) is 0 Å². The molecule has 0 bridgehead atoms. The third-order valence-electron chi connectivity index (χ3n) is 4.21. The topological polar surface area (TPSA) is 21.3 Å². The molecule has 106 valence electrons. The first-order valence-electron chi connectivity index (χ1n) is 7.63. The molecule has 0 saturated heterocycles. The zero-order chi connectivity index (χ0) is 13.5. The molecular formula is C17H27NO. The van der Waals surface area contributed by atoms with Crippen molar-refractivity contribution in [2.24, 2.45) is 5.92 Å². The number of hydrogen-bond donors (Lipinski definition) is 1. The SMILES string of the molecule is COCCc1ccccc1NC1CCCC(C)CC1. The summed E-state index contributed by atoms with van der Waals surface area (Å²) in [6, 6.07) is 9.30. The minimum absolute atomic E-state index is 0.647. The van der Waals surface area contributed by atoms with Gasteiger partial charge < -0.3 is 10.1 Å². The summed E-state index contributed by atoms with van der Waals surface area (Å²) in [5.74, 6) is 0.899. The summed E-state index contributed by atoms with van der Waals surface area (Å²) in [7, 11) is 1.77. The highest BCUT2D eigenvalue weighted by molar-refractivity contribution is 5.51. The molecule has 19 heavy (non-hydrogen) atoms. The van der Waals surface area contributed by atoms with Gasteiger partial charge in [0.25, 0.3) is 0 Å². The van der Waals surface area contributed by atoms with E-state index in [9.17, 15) is 0 Å². The number of rotatable bonds is 5. The summed E-state index contributed by atoms with van der Waals surface area (Å²) in [4.78, 5) is 0. The minimum atomic E-state index is 0.647. The second-order valence-electron chi connectivity index (χ2n) is 5.85. The molecule has 1 N–H and O–H groups in total. The Bertz CT molecular complexity index is 377. The van der Waals surface area contributed by atoms with Crippen molar-refractivity contribution in [2.75, 3.05) is 19.0 Å². The number of nitrogens with one attached hydrogen (secondary N) is 1. The molecule has 2 heteroatoms. The molecule has 2 atom stereocenters. The normalized spacial score (nSPS) is 23.9. The first-order valence-corrected chi connectivity index (χ1v) is 7.63. The second-order valence-corrected chi connectivity index (χ2v) is 5.85. The van der Waals surface area contributed by atoms with Crippen LogP contribution in [0.1, 0.15) is 44.6 Å². The van der Waals surface area contributed by atoms with E-state index in [2.05, 4.69) is 36.5 Å².